The van der Waals surface area contributed by atoms with Gasteiger partial charge in [0.1, 0.15) is 11.8 Å². The van der Waals surface area contributed by atoms with Crippen molar-refractivity contribution in [2.45, 2.75) is 26.7 Å². The van der Waals surface area contributed by atoms with E-state index in [9.17, 15) is 0 Å². The molecule has 2 aromatic rings. The first kappa shape index (κ1) is 15.2. The predicted molar refractivity (Wildman–Crippen MR) is 79.2 cm³/mol. The van der Waals surface area contributed by atoms with Crippen LogP contribution in [0.1, 0.15) is 30.7 Å². The van der Waals surface area contributed by atoms with Gasteiger partial charge in [-0.3, -0.25) is 0 Å². The molecule has 0 radical (unpaired) electrons. The number of nitriles is 1. The van der Waals surface area contributed by atoms with E-state index in [1.54, 1.807) is 6.20 Å². The van der Waals surface area contributed by atoms with Gasteiger partial charge in [0, 0.05) is 11.2 Å². The summed E-state index contributed by atoms with van der Waals surface area (Å²) in [6, 6.07) is 13.7. The van der Waals surface area contributed by atoms with Crippen molar-refractivity contribution in [1.82, 2.24) is 4.98 Å². The van der Waals surface area contributed by atoms with Crippen molar-refractivity contribution in [3.8, 4) is 6.07 Å². The highest BCUT2D eigenvalue weighted by atomic mass is 35.5. The lowest BCUT2D eigenvalue weighted by molar-refractivity contribution is 0.942. The molecule has 0 amide bonds. The first-order valence-electron chi connectivity index (χ1n) is 6.38. The Morgan fingerprint density at radius 2 is 1.95 bits per heavy atom. The molecule has 0 aliphatic carbocycles. The summed E-state index contributed by atoms with van der Waals surface area (Å²) < 4.78 is 0. The van der Waals surface area contributed by atoms with Crippen molar-refractivity contribution in [2.24, 2.45) is 0 Å². The number of hydrogen-bond acceptors (Lipinski definition) is 2. The number of benzene rings is 1. The van der Waals surface area contributed by atoms with Crippen LogP contribution in [0.4, 0.5) is 0 Å². The van der Waals surface area contributed by atoms with Crippen molar-refractivity contribution < 1.29 is 0 Å². The lowest BCUT2D eigenvalue weighted by atomic mass is 10.0. The van der Waals surface area contributed by atoms with Gasteiger partial charge in [-0.25, -0.2) is 4.98 Å². The van der Waals surface area contributed by atoms with Gasteiger partial charge in [0.25, 0.3) is 0 Å². The summed E-state index contributed by atoms with van der Waals surface area (Å²) in [6.45, 7) is 4.00. The fourth-order valence-electron chi connectivity index (χ4n) is 1.71. The Morgan fingerprint density at radius 1 is 1.16 bits per heavy atom. The van der Waals surface area contributed by atoms with Gasteiger partial charge in [-0.2, -0.15) is 5.26 Å². The van der Waals surface area contributed by atoms with E-state index < -0.39 is 0 Å². The van der Waals surface area contributed by atoms with Gasteiger partial charge in [0.2, 0.25) is 0 Å². The van der Waals surface area contributed by atoms with E-state index in [0.29, 0.717) is 5.69 Å². The number of hydrogen-bond donors (Lipinski definition) is 0. The number of rotatable bonds is 3. The summed E-state index contributed by atoms with van der Waals surface area (Å²) in [6.07, 6.45) is 3.31. The average molecular weight is 273 g/mol. The van der Waals surface area contributed by atoms with Gasteiger partial charge in [-0.15, -0.1) is 0 Å². The van der Waals surface area contributed by atoms with Crippen molar-refractivity contribution >= 4 is 11.6 Å². The standard InChI is InChI=1S/C14H11ClN2.C2H6/c15-13-5-1-3-11(9-13)6-7-12-4-2-8-17-14(12)10-16;1-2/h1-5,8-9H,6-7H2;1-2H3. The van der Waals surface area contributed by atoms with E-state index in [1.807, 2.05) is 50.2 Å². The second kappa shape index (κ2) is 8.29. The van der Waals surface area contributed by atoms with Gasteiger partial charge in [0.15, 0.2) is 0 Å². The Balaban J connectivity index is 0.000000861. The zero-order chi connectivity index (χ0) is 14.1. The predicted octanol–water partition coefficient (Wildman–Crippen LogP) is 4.42. The molecule has 0 fully saturated rings. The molecular formula is C16H17ClN2. The van der Waals surface area contributed by atoms with Crippen LogP contribution in [0.5, 0.6) is 0 Å². The Hall–Kier alpha value is -1.85. The fraction of sp³-hybridized carbons (Fsp3) is 0.250. The van der Waals surface area contributed by atoms with Gasteiger partial charge >= 0.3 is 0 Å². The van der Waals surface area contributed by atoms with E-state index in [-0.39, 0.29) is 0 Å². The maximum atomic E-state index is 8.93. The minimum atomic E-state index is 0.509. The highest BCUT2D eigenvalue weighted by molar-refractivity contribution is 6.30. The monoisotopic (exact) mass is 272 g/mol. The number of aromatic nitrogens is 1. The summed E-state index contributed by atoms with van der Waals surface area (Å²) in [5, 5.41) is 9.67. The van der Waals surface area contributed by atoms with Crippen LogP contribution in [0.3, 0.4) is 0 Å². The van der Waals surface area contributed by atoms with E-state index in [1.165, 1.54) is 5.56 Å². The molecule has 1 heterocycles. The number of aryl methyl sites for hydroxylation is 2. The summed E-state index contributed by atoms with van der Waals surface area (Å²) in [5.74, 6) is 0. The fourth-order valence-corrected chi connectivity index (χ4v) is 1.93. The molecule has 1 aromatic carbocycles. The van der Waals surface area contributed by atoms with E-state index >= 15 is 0 Å². The van der Waals surface area contributed by atoms with Crippen molar-refractivity contribution in [1.29, 1.82) is 5.26 Å². The molecule has 0 aliphatic heterocycles. The average Bonchev–Trinajstić information content (AvgIpc) is 2.47. The quantitative estimate of drug-likeness (QED) is 0.829. The van der Waals surface area contributed by atoms with Gasteiger partial charge < -0.3 is 0 Å². The third-order valence-electron chi connectivity index (χ3n) is 2.57. The molecule has 0 spiro atoms. The molecule has 0 atom stereocenters. The minimum absolute atomic E-state index is 0.509. The second-order valence-corrected chi connectivity index (χ2v) is 4.19. The van der Waals surface area contributed by atoms with Crippen LogP contribution in [-0.2, 0) is 12.8 Å². The minimum Gasteiger partial charge on any atom is -0.245 e. The molecule has 3 heteroatoms. The Kier molecular flexibility index (Phi) is 6.63. The third kappa shape index (κ3) is 4.73. The molecule has 2 rings (SSSR count). The molecule has 0 saturated carbocycles. The molecule has 0 unspecified atom stereocenters. The largest absolute Gasteiger partial charge is 0.245 e. The first-order chi connectivity index (χ1) is 9.29. The number of nitrogens with zero attached hydrogens (tertiary/aromatic N) is 2. The number of pyridine rings is 1. The number of halogens is 1. The maximum Gasteiger partial charge on any atom is 0.143 e. The molecule has 0 bridgehead atoms. The molecule has 0 N–H and O–H groups in total. The molecule has 2 nitrogen and oxygen atoms in total. The van der Waals surface area contributed by atoms with Crippen molar-refractivity contribution in [3.63, 3.8) is 0 Å². The van der Waals surface area contributed by atoms with Crippen molar-refractivity contribution in [3.05, 3.63) is 64.4 Å². The molecular weight excluding hydrogens is 256 g/mol. The van der Waals surface area contributed by atoms with Gasteiger partial charge in [0.05, 0.1) is 0 Å². The third-order valence-corrected chi connectivity index (χ3v) is 2.80. The Labute approximate surface area is 119 Å². The zero-order valence-corrected chi connectivity index (χ0v) is 12.0. The van der Waals surface area contributed by atoms with Crippen LogP contribution in [0.15, 0.2) is 42.6 Å². The first-order valence-corrected chi connectivity index (χ1v) is 6.76. The molecule has 0 saturated heterocycles. The highest BCUT2D eigenvalue weighted by Crippen LogP contribution is 2.14. The molecule has 1 aromatic heterocycles. The van der Waals surface area contributed by atoms with Crippen LogP contribution in [-0.4, -0.2) is 4.98 Å². The SMILES string of the molecule is CC.N#Cc1ncccc1CCc1cccc(Cl)c1. The smallest absolute Gasteiger partial charge is 0.143 e. The summed E-state index contributed by atoms with van der Waals surface area (Å²) in [7, 11) is 0. The second-order valence-electron chi connectivity index (χ2n) is 3.75. The van der Waals surface area contributed by atoms with Gasteiger partial charge in [-0.05, 0) is 42.2 Å². The lowest BCUT2D eigenvalue weighted by Crippen LogP contribution is -1.96. The van der Waals surface area contributed by atoms with E-state index in [0.717, 1.165) is 23.4 Å². The normalized spacial score (nSPS) is 9.16. The maximum absolute atomic E-state index is 8.93. The molecule has 19 heavy (non-hydrogen) atoms. The highest BCUT2D eigenvalue weighted by Gasteiger charge is 2.02. The summed E-state index contributed by atoms with van der Waals surface area (Å²) in [5.41, 5.74) is 2.66. The summed E-state index contributed by atoms with van der Waals surface area (Å²) >= 11 is 5.92. The van der Waals surface area contributed by atoms with Gasteiger partial charge in [-0.1, -0.05) is 43.6 Å². The lowest BCUT2D eigenvalue weighted by Gasteiger charge is -2.03. The van der Waals surface area contributed by atoms with E-state index in [4.69, 9.17) is 16.9 Å². The Morgan fingerprint density at radius 3 is 2.63 bits per heavy atom. The zero-order valence-electron chi connectivity index (χ0n) is 11.2. The van der Waals surface area contributed by atoms with E-state index in [2.05, 4.69) is 11.1 Å². The molecule has 98 valence electrons. The van der Waals surface area contributed by atoms with Crippen LogP contribution in [0.25, 0.3) is 0 Å². The topological polar surface area (TPSA) is 36.7 Å². The van der Waals surface area contributed by atoms with Crippen LogP contribution < -0.4 is 0 Å². The van der Waals surface area contributed by atoms with Crippen LogP contribution in [0, 0.1) is 11.3 Å². The van der Waals surface area contributed by atoms with Crippen molar-refractivity contribution in [2.75, 3.05) is 0 Å². The molecule has 0 aliphatic rings. The van der Waals surface area contributed by atoms with Crippen LogP contribution >= 0.6 is 11.6 Å². The summed E-state index contributed by atoms with van der Waals surface area (Å²) in [4.78, 5) is 4.04. The van der Waals surface area contributed by atoms with Crippen LogP contribution in [0.2, 0.25) is 5.02 Å². The Bertz CT molecular complexity index is 559.